The molecule has 0 aromatic carbocycles. The molecule has 2 heterocycles. The number of imidazole rings is 1. The van der Waals surface area contributed by atoms with Crippen LogP contribution in [0.25, 0.3) is 5.65 Å². The molecule has 0 saturated carbocycles. The fourth-order valence-electron chi connectivity index (χ4n) is 2.67. The summed E-state index contributed by atoms with van der Waals surface area (Å²) >= 11 is 0. The van der Waals surface area contributed by atoms with Crippen LogP contribution in [0.5, 0.6) is 0 Å². The number of fused-ring (bicyclic) bond motifs is 1. The lowest BCUT2D eigenvalue weighted by atomic mass is 9.92. The molecule has 0 aliphatic heterocycles. The zero-order valence-corrected chi connectivity index (χ0v) is 12.7. The fourth-order valence-corrected chi connectivity index (χ4v) is 2.67. The first kappa shape index (κ1) is 15.5. The van der Waals surface area contributed by atoms with Gasteiger partial charge in [0.25, 0.3) is 5.91 Å². The molecule has 2 aromatic heterocycles. The van der Waals surface area contributed by atoms with Gasteiger partial charge in [-0.3, -0.25) is 9.20 Å². The van der Waals surface area contributed by atoms with Crippen LogP contribution < -0.4 is 5.32 Å². The summed E-state index contributed by atoms with van der Waals surface area (Å²) in [5, 5.41) is 13.4. The van der Waals surface area contributed by atoms with Gasteiger partial charge in [-0.25, -0.2) is 4.98 Å². The second-order valence-corrected chi connectivity index (χ2v) is 5.48. The van der Waals surface area contributed by atoms with Crippen molar-refractivity contribution >= 4 is 11.6 Å². The van der Waals surface area contributed by atoms with E-state index in [0.29, 0.717) is 18.5 Å². The van der Waals surface area contributed by atoms with Crippen molar-refractivity contribution in [3.8, 4) is 0 Å². The van der Waals surface area contributed by atoms with Gasteiger partial charge in [-0.2, -0.15) is 0 Å². The van der Waals surface area contributed by atoms with Crippen molar-refractivity contribution in [3.05, 3.63) is 36.3 Å². The lowest BCUT2D eigenvalue weighted by Gasteiger charge is -2.27. The Kier molecular flexibility index (Phi) is 4.96. The maximum absolute atomic E-state index is 12.3. The van der Waals surface area contributed by atoms with Crippen LogP contribution in [0.3, 0.4) is 0 Å². The number of aliphatic hydroxyl groups is 1. The third-order valence-corrected chi connectivity index (χ3v) is 3.66. The molecule has 0 saturated heterocycles. The van der Waals surface area contributed by atoms with Crippen LogP contribution in [0.1, 0.15) is 50.0 Å². The van der Waals surface area contributed by atoms with E-state index in [0.717, 1.165) is 18.5 Å². The number of nitrogens with one attached hydrogen (secondary N) is 1. The highest BCUT2D eigenvalue weighted by Crippen LogP contribution is 2.18. The third kappa shape index (κ3) is 3.61. The molecule has 0 aliphatic carbocycles. The molecule has 0 fully saturated rings. The van der Waals surface area contributed by atoms with Gasteiger partial charge in [0.15, 0.2) is 0 Å². The van der Waals surface area contributed by atoms with Gasteiger partial charge in [0.2, 0.25) is 0 Å². The molecular weight excluding hydrogens is 266 g/mol. The van der Waals surface area contributed by atoms with Crippen molar-refractivity contribution < 1.29 is 9.90 Å². The summed E-state index contributed by atoms with van der Waals surface area (Å²) in [4.78, 5) is 16.5. The number of nitrogens with zero attached hydrogens (tertiary/aromatic N) is 2. The van der Waals surface area contributed by atoms with E-state index in [2.05, 4.69) is 10.3 Å². The Bertz CT molecular complexity index is 600. The van der Waals surface area contributed by atoms with E-state index < -0.39 is 5.60 Å². The first-order chi connectivity index (χ1) is 10.1. The van der Waals surface area contributed by atoms with Crippen LogP contribution in [-0.2, 0) is 0 Å². The van der Waals surface area contributed by atoms with Crippen LogP contribution in [0.4, 0.5) is 0 Å². The van der Waals surface area contributed by atoms with Crippen LogP contribution >= 0.6 is 0 Å². The quantitative estimate of drug-likeness (QED) is 0.822. The smallest absolute Gasteiger partial charge is 0.270 e. The van der Waals surface area contributed by atoms with Gasteiger partial charge in [-0.1, -0.05) is 32.8 Å². The summed E-state index contributed by atoms with van der Waals surface area (Å²) in [6, 6.07) is 5.59. The summed E-state index contributed by atoms with van der Waals surface area (Å²) in [6.07, 6.45) is 6.53. The number of pyridine rings is 1. The highest BCUT2D eigenvalue weighted by molar-refractivity contribution is 5.93. The summed E-state index contributed by atoms with van der Waals surface area (Å²) in [5.74, 6) is -0.209. The summed E-state index contributed by atoms with van der Waals surface area (Å²) in [5.41, 5.74) is 0.403. The van der Waals surface area contributed by atoms with Crippen LogP contribution in [-0.4, -0.2) is 32.5 Å². The molecule has 1 amide bonds. The van der Waals surface area contributed by atoms with Crippen LogP contribution in [0, 0.1) is 0 Å². The molecular formula is C16H23N3O2. The summed E-state index contributed by atoms with van der Waals surface area (Å²) in [7, 11) is 0. The minimum atomic E-state index is -0.820. The highest BCUT2D eigenvalue weighted by Gasteiger charge is 2.26. The van der Waals surface area contributed by atoms with Crippen molar-refractivity contribution in [1.29, 1.82) is 0 Å². The highest BCUT2D eigenvalue weighted by atomic mass is 16.3. The molecule has 0 aliphatic rings. The Balaban J connectivity index is 2.07. The van der Waals surface area contributed by atoms with Gasteiger partial charge in [0, 0.05) is 12.7 Å². The molecule has 2 rings (SSSR count). The van der Waals surface area contributed by atoms with E-state index in [-0.39, 0.29) is 12.5 Å². The zero-order chi connectivity index (χ0) is 15.3. The van der Waals surface area contributed by atoms with Crippen molar-refractivity contribution in [1.82, 2.24) is 14.7 Å². The molecule has 114 valence electrons. The number of hydrogen-bond acceptors (Lipinski definition) is 3. The van der Waals surface area contributed by atoms with Crippen molar-refractivity contribution in [3.63, 3.8) is 0 Å². The number of hydrogen-bond donors (Lipinski definition) is 2. The SMILES string of the molecule is CCCC(O)(CCC)CNC(=O)c1cnc2ccccn12. The molecule has 5 nitrogen and oxygen atoms in total. The van der Waals surface area contributed by atoms with E-state index in [1.807, 2.05) is 38.2 Å². The van der Waals surface area contributed by atoms with Gasteiger partial charge in [0.05, 0.1) is 11.8 Å². The van der Waals surface area contributed by atoms with Gasteiger partial charge in [-0.15, -0.1) is 0 Å². The molecule has 2 aromatic rings. The lowest BCUT2D eigenvalue weighted by molar-refractivity contribution is 0.0212. The molecule has 0 unspecified atom stereocenters. The Labute approximate surface area is 125 Å². The first-order valence-electron chi connectivity index (χ1n) is 7.52. The number of carbonyl (C=O) groups is 1. The Morgan fingerprint density at radius 2 is 2.05 bits per heavy atom. The Morgan fingerprint density at radius 3 is 2.71 bits per heavy atom. The second-order valence-electron chi connectivity index (χ2n) is 5.48. The summed E-state index contributed by atoms with van der Waals surface area (Å²) < 4.78 is 1.74. The zero-order valence-electron chi connectivity index (χ0n) is 12.7. The van der Waals surface area contributed by atoms with E-state index >= 15 is 0 Å². The van der Waals surface area contributed by atoms with Crippen LogP contribution in [0.2, 0.25) is 0 Å². The minimum absolute atomic E-state index is 0.209. The van der Waals surface area contributed by atoms with E-state index in [4.69, 9.17) is 0 Å². The van der Waals surface area contributed by atoms with Crippen molar-refractivity contribution in [2.75, 3.05) is 6.54 Å². The molecule has 0 bridgehead atoms. The molecule has 0 radical (unpaired) electrons. The second kappa shape index (κ2) is 6.72. The fraction of sp³-hybridized carbons (Fsp3) is 0.500. The number of rotatable bonds is 7. The molecule has 0 atom stereocenters. The average Bonchev–Trinajstić information content (AvgIpc) is 2.89. The van der Waals surface area contributed by atoms with Crippen molar-refractivity contribution in [2.45, 2.75) is 45.1 Å². The maximum Gasteiger partial charge on any atom is 0.270 e. The maximum atomic E-state index is 12.3. The monoisotopic (exact) mass is 289 g/mol. The molecule has 0 spiro atoms. The van der Waals surface area contributed by atoms with Gasteiger partial charge in [-0.05, 0) is 25.0 Å². The van der Waals surface area contributed by atoms with Gasteiger partial charge >= 0.3 is 0 Å². The molecule has 2 N–H and O–H groups in total. The van der Waals surface area contributed by atoms with Crippen LogP contribution in [0.15, 0.2) is 30.6 Å². The Morgan fingerprint density at radius 1 is 1.33 bits per heavy atom. The van der Waals surface area contributed by atoms with Crippen molar-refractivity contribution in [2.24, 2.45) is 0 Å². The normalized spacial score (nSPS) is 11.8. The predicted octanol–water partition coefficient (Wildman–Crippen LogP) is 2.40. The van der Waals surface area contributed by atoms with E-state index in [9.17, 15) is 9.90 Å². The third-order valence-electron chi connectivity index (χ3n) is 3.66. The van der Waals surface area contributed by atoms with E-state index in [1.165, 1.54) is 0 Å². The van der Waals surface area contributed by atoms with Gasteiger partial charge < -0.3 is 10.4 Å². The summed E-state index contributed by atoms with van der Waals surface area (Å²) in [6.45, 7) is 4.34. The molecule has 21 heavy (non-hydrogen) atoms. The first-order valence-corrected chi connectivity index (χ1v) is 7.52. The number of carbonyl (C=O) groups excluding carboxylic acids is 1. The topological polar surface area (TPSA) is 66.6 Å². The standard InChI is InChI=1S/C16H23N3O2/c1-3-8-16(21,9-4-2)12-18-15(20)13-11-17-14-7-5-6-10-19(13)14/h5-7,10-11,21H,3-4,8-9,12H2,1-2H3,(H,18,20). The van der Waals surface area contributed by atoms with E-state index in [1.54, 1.807) is 10.6 Å². The predicted molar refractivity (Wildman–Crippen MR) is 82.3 cm³/mol. The average molecular weight is 289 g/mol. The number of aromatic nitrogens is 2. The largest absolute Gasteiger partial charge is 0.388 e. The lowest BCUT2D eigenvalue weighted by Crippen LogP contribution is -2.43. The molecule has 5 heteroatoms. The van der Waals surface area contributed by atoms with Gasteiger partial charge in [0.1, 0.15) is 11.3 Å². The minimum Gasteiger partial charge on any atom is -0.388 e. The number of amides is 1. The Hall–Kier alpha value is -1.88.